The van der Waals surface area contributed by atoms with Gasteiger partial charge in [-0.15, -0.1) is 0 Å². The van der Waals surface area contributed by atoms with Gasteiger partial charge in [-0.3, -0.25) is 0 Å². The number of hydrogen-bond acceptors (Lipinski definition) is 3. The summed E-state index contributed by atoms with van der Waals surface area (Å²) in [6, 6.07) is 6.71. The zero-order valence-corrected chi connectivity index (χ0v) is 11.6. The lowest BCUT2D eigenvalue weighted by atomic mass is 10.2. The number of anilines is 2. The first-order chi connectivity index (χ1) is 10.1. The molecule has 2 aromatic rings. The largest absolute Gasteiger partial charge is 0.368 e. The minimum absolute atomic E-state index is 0.00000719. The Labute approximate surface area is 121 Å². The van der Waals surface area contributed by atoms with Gasteiger partial charge in [-0.2, -0.15) is 0 Å². The van der Waals surface area contributed by atoms with E-state index in [1.807, 2.05) is 6.92 Å². The molecule has 0 aliphatic rings. The fourth-order valence-corrected chi connectivity index (χ4v) is 1.79. The first kappa shape index (κ1) is 15.2. The van der Waals surface area contributed by atoms with Gasteiger partial charge in [-0.05, 0) is 24.1 Å². The molecular formula is C15H16F3N3. The van der Waals surface area contributed by atoms with Gasteiger partial charge in [-0.25, -0.2) is 18.2 Å². The Morgan fingerprint density at radius 3 is 2.38 bits per heavy atom. The van der Waals surface area contributed by atoms with Crippen LogP contribution in [0.4, 0.5) is 24.8 Å². The van der Waals surface area contributed by atoms with Crippen molar-refractivity contribution in [2.24, 2.45) is 0 Å². The van der Waals surface area contributed by atoms with E-state index in [9.17, 15) is 13.2 Å². The van der Waals surface area contributed by atoms with E-state index in [0.29, 0.717) is 12.1 Å². The molecule has 0 spiro atoms. The van der Waals surface area contributed by atoms with E-state index in [4.69, 9.17) is 0 Å². The fraction of sp³-hybridized carbons (Fsp3) is 0.267. The molecule has 1 aromatic heterocycles. The molecule has 0 fully saturated rings. The second-order valence-corrected chi connectivity index (χ2v) is 4.56. The summed E-state index contributed by atoms with van der Waals surface area (Å²) in [5.74, 6) is -1.96. The van der Waals surface area contributed by atoms with Gasteiger partial charge in [0.05, 0.1) is 0 Å². The lowest BCUT2D eigenvalue weighted by molar-refractivity contribution is 0.577. The fourth-order valence-electron chi connectivity index (χ4n) is 1.79. The van der Waals surface area contributed by atoms with E-state index in [1.165, 1.54) is 12.1 Å². The lowest BCUT2D eigenvalue weighted by Crippen LogP contribution is -2.09. The van der Waals surface area contributed by atoms with Crippen LogP contribution in [-0.2, 0) is 6.54 Å². The van der Waals surface area contributed by atoms with Gasteiger partial charge in [0, 0.05) is 19.2 Å². The maximum Gasteiger partial charge on any atom is 0.168 e. The van der Waals surface area contributed by atoms with Crippen LogP contribution in [0, 0.1) is 17.5 Å². The average molecular weight is 295 g/mol. The van der Waals surface area contributed by atoms with E-state index >= 15 is 0 Å². The third-order valence-electron chi connectivity index (χ3n) is 2.82. The number of aromatic nitrogens is 1. The number of nitrogens with zero attached hydrogens (tertiary/aromatic N) is 1. The van der Waals surface area contributed by atoms with Crippen LogP contribution >= 0.6 is 0 Å². The van der Waals surface area contributed by atoms with Crippen LogP contribution in [0.2, 0.25) is 0 Å². The normalized spacial score (nSPS) is 10.5. The quantitative estimate of drug-likeness (QED) is 0.847. The van der Waals surface area contributed by atoms with Crippen LogP contribution < -0.4 is 10.6 Å². The van der Waals surface area contributed by atoms with Crippen LogP contribution in [0.25, 0.3) is 0 Å². The minimum atomic E-state index is -0.786. The Hall–Kier alpha value is -2.24. The van der Waals surface area contributed by atoms with Gasteiger partial charge in [0.15, 0.2) is 23.3 Å². The van der Waals surface area contributed by atoms with Crippen molar-refractivity contribution in [3.05, 3.63) is 53.3 Å². The van der Waals surface area contributed by atoms with Crippen LogP contribution in [0.5, 0.6) is 0 Å². The summed E-state index contributed by atoms with van der Waals surface area (Å²) < 4.78 is 40.2. The van der Waals surface area contributed by atoms with Crippen LogP contribution in [-0.4, -0.2) is 11.5 Å². The zero-order chi connectivity index (χ0) is 15.2. The maximum absolute atomic E-state index is 13.7. The third kappa shape index (κ3) is 4.11. The van der Waals surface area contributed by atoms with Gasteiger partial charge in [0.25, 0.3) is 0 Å². The Morgan fingerprint density at radius 1 is 1.00 bits per heavy atom. The molecule has 1 aromatic carbocycles. The predicted molar refractivity (Wildman–Crippen MR) is 76.7 cm³/mol. The highest BCUT2D eigenvalue weighted by Gasteiger charge is 2.11. The topological polar surface area (TPSA) is 37.0 Å². The van der Waals surface area contributed by atoms with Crippen molar-refractivity contribution in [1.29, 1.82) is 0 Å². The molecule has 0 unspecified atom stereocenters. The smallest absolute Gasteiger partial charge is 0.168 e. The van der Waals surface area contributed by atoms with Gasteiger partial charge in [0.1, 0.15) is 5.82 Å². The second-order valence-electron chi connectivity index (χ2n) is 4.56. The van der Waals surface area contributed by atoms with E-state index < -0.39 is 11.6 Å². The van der Waals surface area contributed by atoms with E-state index in [2.05, 4.69) is 15.6 Å². The summed E-state index contributed by atoms with van der Waals surface area (Å²) in [5.41, 5.74) is 0.642. The summed E-state index contributed by atoms with van der Waals surface area (Å²) in [4.78, 5) is 3.88. The summed E-state index contributed by atoms with van der Waals surface area (Å²) >= 11 is 0. The van der Waals surface area contributed by atoms with Crippen molar-refractivity contribution >= 4 is 11.6 Å². The Balaban J connectivity index is 2.11. The van der Waals surface area contributed by atoms with Crippen molar-refractivity contribution in [2.45, 2.75) is 19.9 Å². The summed E-state index contributed by atoms with van der Waals surface area (Å²) in [6.07, 6.45) is 0.796. The molecule has 112 valence electrons. The number of halogens is 3. The number of hydrogen-bond donors (Lipinski definition) is 2. The second kappa shape index (κ2) is 6.97. The summed E-state index contributed by atoms with van der Waals surface area (Å²) in [7, 11) is 0. The molecule has 0 saturated heterocycles. The average Bonchev–Trinajstić information content (AvgIpc) is 2.45. The van der Waals surface area contributed by atoms with Gasteiger partial charge in [0.2, 0.25) is 0 Å². The molecule has 0 amide bonds. The van der Waals surface area contributed by atoms with Gasteiger partial charge < -0.3 is 10.6 Å². The molecule has 0 aliphatic heterocycles. The highest BCUT2D eigenvalue weighted by atomic mass is 19.1. The highest BCUT2D eigenvalue weighted by molar-refractivity contribution is 5.47. The van der Waals surface area contributed by atoms with Crippen molar-refractivity contribution in [3.63, 3.8) is 0 Å². The molecule has 3 nitrogen and oxygen atoms in total. The minimum Gasteiger partial charge on any atom is -0.368 e. The molecule has 0 aliphatic carbocycles. The van der Waals surface area contributed by atoms with Crippen molar-refractivity contribution in [3.8, 4) is 0 Å². The zero-order valence-electron chi connectivity index (χ0n) is 11.6. The molecule has 0 saturated carbocycles. The van der Waals surface area contributed by atoms with Crippen molar-refractivity contribution < 1.29 is 13.2 Å². The van der Waals surface area contributed by atoms with Crippen LogP contribution in [0.3, 0.4) is 0 Å². The first-order valence-corrected chi connectivity index (χ1v) is 6.68. The van der Waals surface area contributed by atoms with Gasteiger partial charge >= 0.3 is 0 Å². The molecule has 0 radical (unpaired) electrons. The number of rotatable bonds is 6. The Bertz CT molecular complexity index is 617. The molecule has 21 heavy (non-hydrogen) atoms. The van der Waals surface area contributed by atoms with E-state index in [-0.39, 0.29) is 24.0 Å². The molecule has 2 N–H and O–H groups in total. The standard InChI is InChI=1S/C15H16F3N3/c1-2-6-19-14-12(17)8-13(18)15(21-14)20-9-10-4-3-5-11(16)7-10/h3-5,7-8H,2,6,9H2,1H3,(H2,19,20,21). The number of pyridine rings is 1. The van der Waals surface area contributed by atoms with E-state index in [0.717, 1.165) is 12.5 Å². The number of nitrogens with one attached hydrogen (secondary N) is 2. The van der Waals surface area contributed by atoms with Crippen LogP contribution in [0.15, 0.2) is 30.3 Å². The molecule has 2 rings (SSSR count). The predicted octanol–water partition coefficient (Wildman–Crippen LogP) is 3.93. The SMILES string of the molecule is CCCNc1nc(NCc2cccc(F)c2)c(F)cc1F. The Morgan fingerprint density at radius 2 is 1.71 bits per heavy atom. The summed E-state index contributed by atoms with van der Waals surface area (Å²) in [5, 5.41) is 5.53. The third-order valence-corrected chi connectivity index (χ3v) is 2.82. The van der Waals surface area contributed by atoms with E-state index in [1.54, 1.807) is 12.1 Å². The van der Waals surface area contributed by atoms with Gasteiger partial charge in [-0.1, -0.05) is 19.1 Å². The van der Waals surface area contributed by atoms with Crippen molar-refractivity contribution in [2.75, 3.05) is 17.2 Å². The number of benzene rings is 1. The molecule has 0 bridgehead atoms. The molecule has 0 atom stereocenters. The monoisotopic (exact) mass is 295 g/mol. The van der Waals surface area contributed by atoms with Crippen molar-refractivity contribution in [1.82, 2.24) is 4.98 Å². The first-order valence-electron chi connectivity index (χ1n) is 6.68. The summed E-state index contributed by atoms with van der Waals surface area (Å²) in [6.45, 7) is 2.66. The molecule has 1 heterocycles. The Kier molecular flexibility index (Phi) is 5.03. The highest BCUT2D eigenvalue weighted by Crippen LogP contribution is 2.19. The lowest BCUT2D eigenvalue weighted by Gasteiger charge is -2.11. The van der Waals surface area contributed by atoms with Crippen LogP contribution in [0.1, 0.15) is 18.9 Å². The molecule has 6 heteroatoms. The molecular weight excluding hydrogens is 279 g/mol. The maximum atomic E-state index is 13.7.